The Labute approximate surface area is 192 Å². The van der Waals surface area contributed by atoms with Crippen LogP contribution in [0.1, 0.15) is 22.3 Å². The summed E-state index contributed by atoms with van der Waals surface area (Å²) >= 11 is 6.21. The van der Waals surface area contributed by atoms with E-state index in [1.807, 2.05) is 0 Å². The molecule has 0 N–H and O–H groups in total. The first kappa shape index (κ1) is 23.2. The van der Waals surface area contributed by atoms with Gasteiger partial charge in [-0.25, -0.2) is 16.8 Å². The molecule has 1 saturated heterocycles. The third-order valence-electron chi connectivity index (χ3n) is 5.61. The molecule has 0 unspecified atom stereocenters. The number of carbonyl (C=O) groups is 1. The number of amides is 1. The maximum absolute atomic E-state index is 13.3. The fraction of sp³-hybridized carbons (Fsp3) is 0.381. The Morgan fingerprint density at radius 2 is 1.72 bits per heavy atom. The molecule has 32 heavy (non-hydrogen) atoms. The largest absolute Gasteiger partial charge is 0.379 e. The highest BCUT2D eigenvalue weighted by molar-refractivity contribution is 7.90. The van der Waals surface area contributed by atoms with Gasteiger partial charge in [0, 0.05) is 37.1 Å². The topological polar surface area (TPSA) is 101 Å². The normalized spacial score (nSPS) is 17.8. The minimum absolute atomic E-state index is 0.0462. The van der Waals surface area contributed by atoms with Gasteiger partial charge in [-0.05, 0) is 54.8 Å². The van der Waals surface area contributed by atoms with Crippen molar-refractivity contribution in [2.75, 3.05) is 44.0 Å². The average molecular weight is 499 g/mol. The van der Waals surface area contributed by atoms with E-state index < -0.39 is 19.9 Å². The van der Waals surface area contributed by atoms with Gasteiger partial charge in [0.15, 0.2) is 9.84 Å². The number of aryl methyl sites for hydroxylation is 1. The molecule has 2 heterocycles. The zero-order valence-electron chi connectivity index (χ0n) is 17.5. The lowest BCUT2D eigenvalue weighted by Gasteiger charge is -2.30. The second-order valence-electron chi connectivity index (χ2n) is 7.78. The van der Waals surface area contributed by atoms with E-state index in [0.717, 1.165) is 11.8 Å². The molecule has 8 nitrogen and oxygen atoms in total. The highest BCUT2D eigenvalue weighted by Crippen LogP contribution is 2.32. The smallest absolute Gasteiger partial charge is 0.258 e. The number of sulfonamides is 1. The van der Waals surface area contributed by atoms with Crippen molar-refractivity contribution in [3.8, 4) is 0 Å². The number of hydrogen-bond donors (Lipinski definition) is 0. The Balaban J connectivity index is 1.69. The first-order valence-electron chi connectivity index (χ1n) is 10.1. The van der Waals surface area contributed by atoms with Crippen molar-refractivity contribution in [3.63, 3.8) is 0 Å². The van der Waals surface area contributed by atoms with Crippen LogP contribution in [0.25, 0.3) is 0 Å². The summed E-state index contributed by atoms with van der Waals surface area (Å²) in [6.07, 6.45) is 2.46. The number of rotatable bonds is 4. The molecular weight excluding hydrogens is 476 g/mol. The van der Waals surface area contributed by atoms with E-state index in [1.165, 1.54) is 28.6 Å². The molecule has 11 heteroatoms. The van der Waals surface area contributed by atoms with Crippen LogP contribution in [0.5, 0.6) is 0 Å². The molecule has 0 atom stereocenters. The number of hydrogen-bond acceptors (Lipinski definition) is 6. The lowest BCUT2D eigenvalue weighted by molar-refractivity contribution is 0.0730. The summed E-state index contributed by atoms with van der Waals surface area (Å²) in [5.74, 6) is -0.367. The summed E-state index contributed by atoms with van der Waals surface area (Å²) in [6, 6.07) is 8.94. The highest BCUT2D eigenvalue weighted by atomic mass is 35.5. The minimum Gasteiger partial charge on any atom is -0.379 e. The summed E-state index contributed by atoms with van der Waals surface area (Å²) < 4.78 is 56.5. The number of halogens is 1. The molecule has 172 valence electrons. The Bertz CT molecular complexity index is 1270. The number of morpholine rings is 1. The molecular formula is C21H23ClN2O6S2. The number of carbonyl (C=O) groups excluding carboxylic acids is 1. The average Bonchev–Trinajstić information content (AvgIpc) is 2.78. The maximum Gasteiger partial charge on any atom is 0.258 e. The molecule has 0 aliphatic carbocycles. The third kappa shape index (κ3) is 4.42. The molecule has 1 fully saturated rings. The summed E-state index contributed by atoms with van der Waals surface area (Å²) in [4.78, 5) is 15.0. The minimum atomic E-state index is -3.88. The highest BCUT2D eigenvalue weighted by Gasteiger charge is 2.31. The Morgan fingerprint density at radius 3 is 2.41 bits per heavy atom. The number of ether oxygens (including phenoxy) is 1. The number of anilines is 1. The quantitative estimate of drug-likeness (QED) is 0.641. The molecule has 4 rings (SSSR count). The van der Waals surface area contributed by atoms with Gasteiger partial charge in [0.05, 0.1) is 23.1 Å². The number of sulfone groups is 1. The molecule has 0 saturated carbocycles. The summed E-state index contributed by atoms with van der Waals surface area (Å²) in [5, 5.41) is 0.0462. The lowest BCUT2D eigenvalue weighted by atomic mass is 10.0. The van der Waals surface area contributed by atoms with Gasteiger partial charge in [0.1, 0.15) is 4.90 Å². The van der Waals surface area contributed by atoms with Gasteiger partial charge >= 0.3 is 0 Å². The van der Waals surface area contributed by atoms with E-state index >= 15 is 0 Å². The van der Waals surface area contributed by atoms with E-state index in [2.05, 4.69) is 0 Å². The van der Waals surface area contributed by atoms with Crippen molar-refractivity contribution < 1.29 is 26.4 Å². The molecule has 0 bridgehead atoms. The standard InChI is InChI=1S/C21H23ClN2O6S2/c1-31(26,27)17-5-7-19-15(13-17)3-2-8-24(19)21(25)16-4-6-18(22)20(14-16)32(28,29)23-9-11-30-12-10-23/h4-7,13-14H,2-3,8-12H2,1H3. The molecule has 2 aliphatic rings. The van der Waals surface area contributed by atoms with E-state index in [0.29, 0.717) is 38.3 Å². The molecule has 0 aromatic heterocycles. The van der Waals surface area contributed by atoms with Crippen molar-refractivity contribution in [2.24, 2.45) is 0 Å². The summed E-state index contributed by atoms with van der Waals surface area (Å²) in [5.41, 5.74) is 1.59. The Kier molecular flexibility index (Phi) is 6.34. The zero-order chi connectivity index (χ0) is 23.1. The van der Waals surface area contributed by atoms with E-state index in [4.69, 9.17) is 16.3 Å². The fourth-order valence-corrected chi connectivity index (χ4v) is 6.51. The molecule has 1 amide bonds. The van der Waals surface area contributed by atoms with Crippen molar-refractivity contribution in [3.05, 3.63) is 52.5 Å². The predicted molar refractivity (Wildman–Crippen MR) is 121 cm³/mol. The van der Waals surface area contributed by atoms with E-state index in [1.54, 1.807) is 17.0 Å². The molecule has 0 radical (unpaired) electrons. The van der Waals surface area contributed by atoms with Gasteiger partial charge in [-0.1, -0.05) is 11.6 Å². The van der Waals surface area contributed by atoms with Crippen molar-refractivity contribution in [1.29, 1.82) is 0 Å². The van der Waals surface area contributed by atoms with Crippen LogP contribution in [0.3, 0.4) is 0 Å². The first-order valence-corrected chi connectivity index (χ1v) is 13.8. The van der Waals surface area contributed by atoms with Crippen molar-refractivity contribution >= 4 is 43.1 Å². The molecule has 2 aromatic rings. The van der Waals surface area contributed by atoms with Crippen LogP contribution >= 0.6 is 11.6 Å². The maximum atomic E-state index is 13.3. The number of benzene rings is 2. The van der Waals surface area contributed by atoms with Crippen molar-refractivity contribution in [2.45, 2.75) is 22.6 Å². The van der Waals surface area contributed by atoms with Crippen LogP contribution in [0, 0.1) is 0 Å². The predicted octanol–water partition coefficient (Wildman–Crippen LogP) is 2.36. The van der Waals surface area contributed by atoms with Gasteiger partial charge < -0.3 is 9.64 Å². The number of fused-ring (bicyclic) bond motifs is 1. The van der Waals surface area contributed by atoms with Crippen molar-refractivity contribution in [1.82, 2.24) is 4.31 Å². The van der Waals surface area contributed by atoms with Crippen LogP contribution in [-0.2, 0) is 31.0 Å². The zero-order valence-corrected chi connectivity index (χ0v) is 19.8. The fourth-order valence-electron chi connectivity index (χ4n) is 3.93. The summed E-state index contributed by atoms with van der Waals surface area (Å²) in [6.45, 7) is 1.49. The molecule has 2 aliphatic heterocycles. The van der Waals surface area contributed by atoms with Gasteiger partial charge in [0.25, 0.3) is 5.91 Å². The van der Waals surface area contributed by atoms with Crippen LogP contribution in [0.4, 0.5) is 5.69 Å². The SMILES string of the molecule is CS(=O)(=O)c1ccc2c(c1)CCCN2C(=O)c1ccc(Cl)c(S(=O)(=O)N2CCOCC2)c1. The first-order chi connectivity index (χ1) is 15.1. The lowest BCUT2D eigenvalue weighted by Crippen LogP contribution is -2.41. The van der Waals surface area contributed by atoms with E-state index in [9.17, 15) is 21.6 Å². The van der Waals surface area contributed by atoms with Crippen LogP contribution in [-0.4, -0.2) is 66.2 Å². The van der Waals surface area contributed by atoms with Crippen LogP contribution in [0.2, 0.25) is 5.02 Å². The second-order valence-corrected chi connectivity index (χ2v) is 12.1. The van der Waals surface area contributed by atoms with Gasteiger partial charge in [-0.3, -0.25) is 4.79 Å². The molecule has 0 spiro atoms. The Morgan fingerprint density at radius 1 is 1.00 bits per heavy atom. The van der Waals surface area contributed by atoms with Crippen LogP contribution in [0.15, 0.2) is 46.2 Å². The second kappa shape index (κ2) is 8.75. The third-order valence-corrected chi connectivity index (χ3v) is 9.10. The Hall–Kier alpha value is -1.98. The van der Waals surface area contributed by atoms with Gasteiger partial charge in [0.2, 0.25) is 10.0 Å². The van der Waals surface area contributed by atoms with Crippen LogP contribution < -0.4 is 4.90 Å². The monoisotopic (exact) mass is 498 g/mol. The number of nitrogens with zero attached hydrogens (tertiary/aromatic N) is 2. The van der Waals surface area contributed by atoms with Gasteiger partial charge in [-0.15, -0.1) is 0 Å². The summed E-state index contributed by atoms with van der Waals surface area (Å²) in [7, 11) is -7.24. The van der Waals surface area contributed by atoms with E-state index in [-0.39, 0.29) is 39.4 Å². The van der Waals surface area contributed by atoms with Gasteiger partial charge in [-0.2, -0.15) is 4.31 Å². The molecule has 2 aromatic carbocycles.